The Morgan fingerprint density at radius 1 is 1.14 bits per heavy atom. The van der Waals surface area contributed by atoms with Gasteiger partial charge in [0.25, 0.3) is 0 Å². The molecule has 5 nitrogen and oxygen atoms in total. The Bertz CT molecular complexity index is 929. The van der Waals surface area contributed by atoms with Crippen molar-refractivity contribution in [2.45, 2.75) is 39.3 Å². The minimum Gasteiger partial charge on any atom is -0.478 e. The summed E-state index contributed by atoms with van der Waals surface area (Å²) in [4.78, 5) is 11.5. The molecule has 3 aromatic rings. The zero-order valence-electron chi connectivity index (χ0n) is 16.4. The number of benzene rings is 2. The van der Waals surface area contributed by atoms with Crippen LogP contribution in [0.15, 0.2) is 54.6 Å². The SMILES string of the molecule is CCCCc1cc(COC)n(Cc2ccc(-c3ccccc3C(=O)O)cc2)n1. The summed E-state index contributed by atoms with van der Waals surface area (Å²) >= 11 is 0. The number of aromatic carboxylic acids is 1. The largest absolute Gasteiger partial charge is 0.478 e. The second kappa shape index (κ2) is 9.33. The quantitative estimate of drug-likeness (QED) is 0.582. The Balaban J connectivity index is 1.81. The molecular formula is C23H26N2O3. The molecule has 0 saturated heterocycles. The second-order valence-electron chi connectivity index (χ2n) is 6.87. The molecule has 0 aliphatic carbocycles. The average molecular weight is 378 g/mol. The summed E-state index contributed by atoms with van der Waals surface area (Å²) < 4.78 is 7.31. The van der Waals surface area contributed by atoms with Crippen molar-refractivity contribution in [3.8, 4) is 11.1 Å². The molecule has 28 heavy (non-hydrogen) atoms. The third-order valence-corrected chi connectivity index (χ3v) is 4.75. The Hall–Kier alpha value is -2.92. The number of aryl methyl sites for hydroxylation is 1. The molecule has 1 aromatic heterocycles. The van der Waals surface area contributed by atoms with Crippen LogP contribution < -0.4 is 0 Å². The predicted molar refractivity (Wildman–Crippen MR) is 109 cm³/mol. The standard InChI is InChI=1S/C23H26N2O3/c1-3-4-7-19-14-20(16-28-2)25(24-19)15-17-10-12-18(13-11-17)21-8-5-6-9-22(21)23(26)27/h5-6,8-14H,3-4,7,15-16H2,1-2H3,(H,26,27). The number of aromatic nitrogens is 2. The van der Waals surface area contributed by atoms with Crippen molar-refractivity contribution in [2.75, 3.05) is 7.11 Å². The normalized spacial score (nSPS) is 10.9. The summed E-state index contributed by atoms with van der Waals surface area (Å²) in [6, 6.07) is 17.2. The number of carbonyl (C=O) groups is 1. The Morgan fingerprint density at radius 2 is 1.89 bits per heavy atom. The fourth-order valence-electron chi connectivity index (χ4n) is 3.28. The summed E-state index contributed by atoms with van der Waals surface area (Å²) in [7, 11) is 1.69. The maximum atomic E-state index is 11.5. The number of rotatable bonds is 9. The average Bonchev–Trinajstić information content (AvgIpc) is 3.08. The lowest BCUT2D eigenvalue weighted by Gasteiger charge is -2.09. The van der Waals surface area contributed by atoms with Crippen LogP contribution in [0.3, 0.4) is 0 Å². The van der Waals surface area contributed by atoms with E-state index in [1.165, 1.54) is 0 Å². The van der Waals surface area contributed by atoms with Gasteiger partial charge in [0.15, 0.2) is 0 Å². The lowest BCUT2D eigenvalue weighted by atomic mass is 9.99. The van der Waals surface area contributed by atoms with Gasteiger partial charge in [-0.2, -0.15) is 5.10 Å². The minimum absolute atomic E-state index is 0.310. The van der Waals surface area contributed by atoms with Crippen LogP contribution in [0, 0.1) is 0 Å². The molecule has 0 aliphatic heterocycles. The Labute approximate surface area is 165 Å². The van der Waals surface area contributed by atoms with Crippen LogP contribution >= 0.6 is 0 Å². The number of methoxy groups -OCH3 is 1. The van der Waals surface area contributed by atoms with Crippen molar-refractivity contribution in [2.24, 2.45) is 0 Å². The molecule has 2 aromatic carbocycles. The molecule has 0 aliphatic rings. The molecule has 0 spiro atoms. The van der Waals surface area contributed by atoms with Gasteiger partial charge in [0.1, 0.15) is 0 Å². The van der Waals surface area contributed by atoms with Gasteiger partial charge in [-0.25, -0.2) is 4.79 Å². The smallest absolute Gasteiger partial charge is 0.336 e. The number of carboxylic acid groups (broad SMARTS) is 1. The van der Waals surface area contributed by atoms with Gasteiger partial charge in [-0.3, -0.25) is 4.68 Å². The van der Waals surface area contributed by atoms with Crippen LogP contribution in [0.25, 0.3) is 11.1 Å². The first kappa shape index (κ1) is 19.8. The molecule has 0 bridgehead atoms. The molecule has 1 heterocycles. The van der Waals surface area contributed by atoms with Crippen molar-refractivity contribution in [3.05, 3.63) is 77.1 Å². The van der Waals surface area contributed by atoms with E-state index >= 15 is 0 Å². The van der Waals surface area contributed by atoms with E-state index in [1.54, 1.807) is 19.2 Å². The molecule has 1 N–H and O–H groups in total. The zero-order chi connectivity index (χ0) is 19.9. The molecule has 0 radical (unpaired) electrons. The number of unbranched alkanes of at least 4 members (excludes halogenated alkanes) is 1. The van der Waals surface area contributed by atoms with Crippen LogP contribution in [0.1, 0.15) is 47.1 Å². The summed E-state index contributed by atoms with van der Waals surface area (Å²) in [5.41, 5.74) is 5.20. The van der Waals surface area contributed by atoms with Crippen LogP contribution in [0.4, 0.5) is 0 Å². The van der Waals surface area contributed by atoms with E-state index in [1.807, 2.05) is 41.1 Å². The van der Waals surface area contributed by atoms with Crippen LogP contribution in [-0.4, -0.2) is 28.0 Å². The molecule has 0 unspecified atom stereocenters. The Kier molecular flexibility index (Phi) is 6.61. The van der Waals surface area contributed by atoms with E-state index < -0.39 is 5.97 Å². The molecule has 0 saturated carbocycles. The highest BCUT2D eigenvalue weighted by atomic mass is 16.5. The van der Waals surface area contributed by atoms with Gasteiger partial charge >= 0.3 is 5.97 Å². The van der Waals surface area contributed by atoms with Crippen LogP contribution in [-0.2, 0) is 24.3 Å². The Morgan fingerprint density at radius 3 is 2.57 bits per heavy atom. The van der Waals surface area contributed by atoms with E-state index in [0.29, 0.717) is 18.7 Å². The lowest BCUT2D eigenvalue weighted by molar-refractivity contribution is 0.0697. The lowest BCUT2D eigenvalue weighted by Crippen LogP contribution is -2.07. The van der Waals surface area contributed by atoms with Crippen LogP contribution in [0.2, 0.25) is 0 Å². The molecule has 5 heteroatoms. The molecule has 146 valence electrons. The van der Waals surface area contributed by atoms with E-state index in [9.17, 15) is 9.90 Å². The highest BCUT2D eigenvalue weighted by molar-refractivity contribution is 5.95. The number of carboxylic acids is 1. The highest BCUT2D eigenvalue weighted by Gasteiger charge is 2.12. The minimum atomic E-state index is -0.917. The summed E-state index contributed by atoms with van der Waals surface area (Å²) in [5.74, 6) is -0.917. The number of ether oxygens (including phenoxy) is 1. The van der Waals surface area contributed by atoms with Gasteiger partial charge in [0.2, 0.25) is 0 Å². The first-order valence-electron chi connectivity index (χ1n) is 9.58. The number of hydrogen-bond acceptors (Lipinski definition) is 3. The molecule has 0 atom stereocenters. The maximum absolute atomic E-state index is 11.5. The summed E-state index contributed by atoms with van der Waals surface area (Å²) in [5, 5.41) is 14.1. The summed E-state index contributed by atoms with van der Waals surface area (Å²) in [6.07, 6.45) is 3.25. The van der Waals surface area contributed by atoms with Gasteiger partial charge in [-0.05, 0) is 41.7 Å². The van der Waals surface area contributed by atoms with E-state index in [-0.39, 0.29) is 0 Å². The van der Waals surface area contributed by atoms with Gasteiger partial charge < -0.3 is 9.84 Å². The maximum Gasteiger partial charge on any atom is 0.336 e. The molecular weight excluding hydrogens is 352 g/mol. The van der Waals surface area contributed by atoms with Gasteiger partial charge in [-0.1, -0.05) is 55.8 Å². The highest BCUT2D eigenvalue weighted by Crippen LogP contribution is 2.24. The van der Waals surface area contributed by atoms with Crippen molar-refractivity contribution >= 4 is 5.97 Å². The third kappa shape index (κ3) is 4.67. The van der Waals surface area contributed by atoms with Crippen LogP contribution in [0.5, 0.6) is 0 Å². The van der Waals surface area contributed by atoms with E-state index in [0.717, 1.165) is 47.3 Å². The summed E-state index contributed by atoms with van der Waals surface area (Å²) in [6.45, 7) is 3.37. The predicted octanol–water partition coefficient (Wildman–Crippen LogP) is 4.79. The first-order valence-corrected chi connectivity index (χ1v) is 9.58. The fraction of sp³-hybridized carbons (Fsp3) is 0.304. The fourth-order valence-corrected chi connectivity index (χ4v) is 3.28. The van der Waals surface area contributed by atoms with E-state index in [2.05, 4.69) is 13.0 Å². The molecule has 0 fully saturated rings. The van der Waals surface area contributed by atoms with E-state index in [4.69, 9.17) is 9.84 Å². The first-order chi connectivity index (χ1) is 13.6. The van der Waals surface area contributed by atoms with Gasteiger partial charge in [0, 0.05) is 7.11 Å². The van der Waals surface area contributed by atoms with Crippen molar-refractivity contribution in [1.82, 2.24) is 9.78 Å². The molecule has 0 amide bonds. The monoisotopic (exact) mass is 378 g/mol. The zero-order valence-corrected chi connectivity index (χ0v) is 16.4. The molecule has 3 rings (SSSR count). The van der Waals surface area contributed by atoms with Gasteiger partial charge in [-0.15, -0.1) is 0 Å². The third-order valence-electron chi connectivity index (χ3n) is 4.75. The topological polar surface area (TPSA) is 64.3 Å². The van der Waals surface area contributed by atoms with Crippen molar-refractivity contribution < 1.29 is 14.6 Å². The number of nitrogens with zero attached hydrogens (tertiary/aromatic N) is 2. The second-order valence-corrected chi connectivity index (χ2v) is 6.87. The van der Waals surface area contributed by atoms with Gasteiger partial charge in [0.05, 0.1) is 30.1 Å². The van der Waals surface area contributed by atoms with Crippen molar-refractivity contribution in [3.63, 3.8) is 0 Å². The number of hydrogen-bond donors (Lipinski definition) is 1. The van der Waals surface area contributed by atoms with Crippen molar-refractivity contribution in [1.29, 1.82) is 0 Å².